The fourth-order valence-electron chi connectivity index (χ4n) is 12.3. The number of aliphatic hydroxyl groups excluding tert-OH is 1. The Kier molecular flexibility index (Phi) is 7.07. The second kappa shape index (κ2) is 10.2. The summed E-state index contributed by atoms with van der Waals surface area (Å²) in [6.45, 7) is 2.56. The van der Waals surface area contributed by atoms with Crippen molar-refractivity contribution in [1.82, 2.24) is 4.90 Å². The fourth-order valence-corrected chi connectivity index (χ4v) is 12.3. The van der Waals surface area contributed by atoms with Crippen LogP contribution >= 0.6 is 0 Å². The van der Waals surface area contributed by atoms with Crippen LogP contribution in [0.4, 0.5) is 0 Å². The number of nitrogens with zero attached hydrogens (tertiary/aromatic N) is 1. The Hall–Kier alpha value is -2.12. The van der Waals surface area contributed by atoms with Gasteiger partial charge in [0, 0.05) is 76.5 Å². The predicted molar refractivity (Wildman–Crippen MR) is 154 cm³/mol. The Morgan fingerprint density at radius 3 is 2.36 bits per heavy atom. The van der Waals surface area contributed by atoms with E-state index in [1.807, 2.05) is 6.07 Å². The summed E-state index contributed by atoms with van der Waals surface area (Å²) in [6.07, 6.45) is -2.66. The Morgan fingerprint density at radius 1 is 1.02 bits per heavy atom. The Balaban J connectivity index is 1.51. The number of ether oxygens (including phenoxy) is 6. The number of fused-ring (bicyclic) bond motifs is 2. The van der Waals surface area contributed by atoms with Gasteiger partial charge in [-0.15, -0.1) is 0 Å². The van der Waals surface area contributed by atoms with Gasteiger partial charge < -0.3 is 43.5 Å². The SMILES string of the molecule is COC[C@@]12CC[C@@H](OC)C34C5C[C@@]6(O)C(OC(=O)c7ccccc7)C5[C@@](OC(C)=O)(C(C(OC)C31)C4N(C)C2)C(O)[C@@H]6OC. The molecule has 1 saturated heterocycles. The minimum absolute atomic E-state index is 0.103. The van der Waals surface area contributed by atoms with Crippen molar-refractivity contribution >= 4 is 11.9 Å². The number of carbonyl (C=O) groups is 2. The zero-order valence-electron chi connectivity index (χ0n) is 26.3. The van der Waals surface area contributed by atoms with Crippen LogP contribution in [0.25, 0.3) is 0 Å². The maximum Gasteiger partial charge on any atom is 0.338 e. The second-order valence-corrected chi connectivity index (χ2v) is 14.2. The lowest BCUT2D eigenvalue weighted by molar-refractivity contribution is -0.316. The Bertz CT molecular complexity index is 1310. The first-order valence-corrected chi connectivity index (χ1v) is 15.7. The molecule has 7 bridgehead atoms. The lowest BCUT2D eigenvalue weighted by Crippen LogP contribution is -2.80. The summed E-state index contributed by atoms with van der Waals surface area (Å²) in [7, 11) is 8.63. The van der Waals surface area contributed by atoms with Gasteiger partial charge in [0.05, 0.1) is 24.4 Å². The quantitative estimate of drug-likeness (QED) is 0.410. The van der Waals surface area contributed by atoms with Crippen LogP contribution in [0.3, 0.4) is 0 Å². The van der Waals surface area contributed by atoms with E-state index in [9.17, 15) is 19.8 Å². The van der Waals surface area contributed by atoms with Crippen molar-refractivity contribution in [2.45, 2.75) is 73.9 Å². The molecule has 11 heteroatoms. The molecule has 1 aromatic carbocycles. The number of hydrogen-bond donors (Lipinski definition) is 2. The molecule has 5 saturated carbocycles. The number of methoxy groups -OCH3 is 4. The van der Waals surface area contributed by atoms with E-state index >= 15 is 0 Å². The molecule has 6 fully saturated rings. The smallest absolute Gasteiger partial charge is 0.338 e. The van der Waals surface area contributed by atoms with E-state index in [2.05, 4.69) is 11.9 Å². The van der Waals surface area contributed by atoms with Crippen molar-refractivity contribution in [2.24, 2.45) is 34.5 Å². The lowest BCUT2D eigenvalue weighted by atomic mass is 9.43. The zero-order valence-corrected chi connectivity index (χ0v) is 26.3. The summed E-state index contributed by atoms with van der Waals surface area (Å²) >= 11 is 0. The molecule has 242 valence electrons. The second-order valence-electron chi connectivity index (χ2n) is 14.2. The van der Waals surface area contributed by atoms with E-state index in [0.717, 1.165) is 19.4 Å². The first kappa shape index (κ1) is 30.5. The van der Waals surface area contributed by atoms with Gasteiger partial charge in [0.1, 0.15) is 23.9 Å². The first-order valence-electron chi connectivity index (χ1n) is 15.7. The topological polar surface area (TPSA) is 133 Å². The molecule has 0 amide bonds. The molecule has 7 rings (SSSR count). The Morgan fingerprint density at radius 2 is 1.75 bits per heavy atom. The third-order valence-electron chi connectivity index (χ3n) is 12.8. The van der Waals surface area contributed by atoms with E-state index in [4.69, 9.17) is 28.4 Å². The molecule has 1 heterocycles. The number of piperidine rings is 1. The average Bonchev–Trinajstić information content (AvgIpc) is 3.39. The van der Waals surface area contributed by atoms with Gasteiger partial charge in [-0.25, -0.2) is 4.79 Å². The van der Waals surface area contributed by atoms with Crippen molar-refractivity contribution in [1.29, 1.82) is 0 Å². The highest BCUT2D eigenvalue weighted by Crippen LogP contribution is 2.80. The van der Waals surface area contributed by atoms with Crippen LogP contribution in [0.2, 0.25) is 0 Å². The standard InChI is InChI=1S/C33H45NO10/c1-17(35)44-33-21-19(14-31(38,28(42-6)26(33)36)27(21)43-29(37)18-10-8-7-9-11-18)32-20(40-4)12-13-30(16-39-3)15-34(2)25(32)22(33)23(41-5)24(30)32/h7-11,19-28,36,38H,12-16H2,1-6H3/t19?,20-,21?,22?,23?,24?,25?,26?,27?,28+,30+,31-,32?,33-/m1/s1. The number of benzene rings is 1. The van der Waals surface area contributed by atoms with Crippen molar-refractivity contribution in [3.63, 3.8) is 0 Å². The summed E-state index contributed by atoms with van der Waals surface area (Å²) in [5.41, 5.74) is -3.93. The van der Waals surface area contributed by atoms with Gasteiger partial charge in [-0.2, -0.15) is 0 Å². The van der Waals surface area contributed by atoms with Gasteiger partial charge in [0.25, 0.3) is 0 Å². The lowest BCUT2D eigenvalue weighted by Gasteiger charge is -2.69. The van der Waals surface area contributed by atoms with E-state index in [-0.39, 0.29) is 35.8 Å². The molecule has 0 aromatic heterocycles. The van der Waals surface area contributed by atoms with Gasteiger partial charge in [0.2, 0.25) is 0 Å². The van der Waals surface area contributed by atoms with Crippen molar-refractivity contribution in [2.75, 3.05) is 48.6 Å². The van der Waals surface area contributed by atoms with Crippen LogP contribution in [0.15, 0.2) is 30.3 Å². The molecule has 14 atom stereocenters. The molecule has 1 aromatic rings. The van der Waals surface area contributed by atoms with Crippen LogP contribution in [0.1, 0.15) is 36.5 Å². The van der Waals surface area contributed by atoms with Gasteiger partial charge in [-0.1, -0.05) is 18.2 Å². The minimum atomic E-state index is -1.76. The minimum Gasteiger partial charge on any atom is -0.455 e. The number of rotatable bonds is 8. The number of esters is 2. The highest BCUT2D eigenvalue weighted by Gasteiger charge is 2.91. The average molecular weight is 616 g/mol. The summed E-state index contributed by atoms with van der Waals surface area (Å²) in [6, 6.07) is 8.39. The molecule has 6 aliphatic rings. The highest BCUT2D eigenvalue weighted by molar-refractivity contribution is 5.89. The number of carbonyl (C=O) groups excluding carboxylic acids is 2. The van der Waals surface area contributed by atoms with E-state index < -0.39 is 64.8 Å². The molecule has 9 unspecified atom stereocenters. The largest absolute Gasteiger partial charge is 0.455 e. The number of likely N-dealkylation sites (tertiary alicyclic amines) is 1. The van der Waals surface area contributed by atoms with Gasteiger partial charge >= 0.3 is 11.9 Å². The molecular weight excluding hydrogens is 570 g/mol. The summed E-state index contributed by atoms with van der Waals surface area (Å²) in [5, 5.41) is 25.1. The third-order valence-corrected chi connectivity index (χ3v) is 12.8. The summed E-state index contributed by atoms with van der Waals surface area (Å²) < 4.78 is 37.5. The molecule has 44 heavy (non-hydrogen) atoms. The maximum atomic E-state index is 13.7. The third kappa shape index (κ3) is 3.41. The van der Waals surface area contributed by atoms with Crippen molar-refractivity contribution < 1.29 is 48.2 Å². The van der Waals surface area contributed by atoms with Crippen molar-refractivity contribution in [3.05, 3.63) is 35.9 Å². The van der Waals surface area contributed by atoms with Gasteiger partial charge in [0.15, 0.2) is 5.60 Å². The number of hydrogen-bond acceptors (Lipinski definition) is 11. The molecule has 5 aliphatic carbocycles. The van der Waals surface area contributed by atoms with Crippen LogP contribution in [0, 0.1) is 34.5 Å². The normalized spacial score (nSPS) is 49.9. The van der Waals surface area contributed by atoms with Gasteiger partial charge in [-0.05, 0) is 44.4 Å². The van der Waals surface area contributed by atoms with E-state index in [1.54, 1.807) is 45.6 Å². The molecule has 1 spiro atoms. The van der Waals surface area contributed by atoms with E-state index in [0.29, 0.717) is 12.2 Å². The molecular formula is C33H45NO10. The maximum absolute atomic E-state index is 13.7. The molecule has 1 aliphatic heterocycles. The first-order chi connectivity index (χ1) is 21.0. The Labute approximate surface area is 258 Å². The van der Waals surface area contributed by atoms with Crippen LogP contribution in [0.5, 0.6) is 0 Å². The van der Waals surface area contributed by atoms with E-state index in [1.165, 1.54) is 14.0 Å². The molecule has 11 nitrogen and oxygen atoms in total. The molecule has 2 N–H and O–H groups in total. The van der Waals surface area contributed by atoms with Crippen LogP contribution in [-0.2, 0) is 33.2 Å². The van der Waals surface area contributed by atoms with Gasteiger partial charge in [-0.3, -0.25) is 4.79 Å². The fraction of sp³-hybridized carbons (Fsp3) is 0.758. The molecule has 0 radical (unpaired) electrons. The summed E-state index contributed by atoms with van der Waals surface area (Å²) in [4.78, 5) is 29.2. The predicted octanol–water partition coefficient (Wildman–Crippen LogP) is 1.29. The van der Waals surface area contributed by atoms with Crippen molar-refractivity contribution in [3.8, 4) is 0 Å². The van der Waals surface area contributed by atoms with Crippen LogP contribution < -0.4 is 0 Å². The zero-order chi connectivity index (χ0) is 31.4. The van der Waals surface area contributed by atoms with Crippen LogP contribution in [-0.4, -0.2) is 123 Å². The summed E-state index contributed by atoms with van der Waals surface area (Å²) in [5.74, 6) is -2.96. The number of aliphatic hydroxyl groups is 2. The highest BCUT2D eigenvalue weighted by atomic mass is 16.6. The monoisotopic (exact) mass is 615 g/mol.